The summed E-state index contributed by atoms with van der Waals surface area (Å²) in [5.74, 6) is 2.23. The van der Waals surface area contributed by atoms with Crippen molar-refractivity contribution >= 4 is 11.6 Å². The molecule has 0 saturated heterocycles. The summed E-state index contributed by atoms with van der Waals surface area (Å²) in [5.41, 5.74) is 7.75. The monoisotopic (exact) mass is 305 g/mol. The van der Waals surface area contributed by atoms with Crippen LogP contribution in [-0.4, -0.2) is 6.79 Å². The van der Waals surface area contributed by atoms with E-state index in [2.05, 4.69) is 0 Å². The van der Waals surface area contributed by atoms with Gasteiger partial charge in [0, 0.05) is 11.1 Å². The third-order valence-electron chi connectivity index (χ3n) is 3.30. The van der Waals surface area contributed by atoms with Gasteiger partial charge in [0.1, 0.15) is 12.4 Å². The zero-order valence-corrected chi connectivity index (χ0v) is 12.4. The third kappa shape index (κ3) is 3.06. The summed E-state index contributed by atoms with van der Waals surface area (Å²) in [4.78, 5) is 0. The maximum atomic E-state index is 6.19. The van der Waals surface area contributed by atoms with Crippen LogP contribution in [0.2, 0.25) is 5.02 Å². The number of hydrogen-bond acceptors (Lipinski definition) is 4. The molecule has 1 heterocycles. The van der Waals surface area contributed by atoms with Gasteiger partial charge in [-0.15, -0.1) is 0 Å². The lowest BCUT2D eigenvalue weighted by atomic mass is 10.1. The summed E-state index contributed by atoms with van der Waals surface area (Å²) >= 11 is 6.19. The van der Waals surface area contributed by atoms with Crippen molar-refractivity contribution in [3.05, 3.63) is 52.5 Å². The van der Waals surface area contributed by atoms with Gasteiger partial charge >= 0.3 is 0 Å². The minimum atomic E-state index is -0.0968. The first-order valence-corrected chi connectivity index (χ1v) is 7.07. The van der Waals surface area contributed by atoms with E-state index < -0.39 is 0 Å². The molecule has 5 heteroatoms. The molecule has 0 spiro atoms. The molecule has 1 atom stereocenters. The van der Waals surface area contributed by atoms with Crippen LogP contribution in [-0.2, 0) is 6.61 Å². The molecule has 1 aliphatic heterocycles. The molecule has 1 unspecified atom stereocenters. The number of rotatable bonds is 4. The number of ether oxygens (including phenoxy) is 3. The molecular formula is C16H16ClNO3. The summed E-state index contributed by atoms with van der Waals surface area (Å²) in [7, 11) is 0. The lowest BCUT2D eigenvalue weighted by molar-refractivity contribution is 0.174. The Morgan fingerprint density at radius 3 is 2.76 bits per heavy atom. The second-order valence-corrected chi connectivity index (χ2v) is 5.36. The number of nitrogens with two attached hydrogens (primary N) is 1. The zero-order chi connectivity index (χ0) is 14.8. The fraction of sp³-hybridized carbons (Fsp3) is 0.250. The minimum Gasteiger partial charge on any atom is -0.489 e. The largest absolute Gasteiger partial charge is 0.489 e. The van der Waals surface area contributed by atoms with Crippen LogP contribution in [0.25, 0.3) is 0 Å². The molecule has 0 aliphatic carbocycles. The average Bonchev–Trinajstić information content (AvgIpc) is 2.92. The Balaban J connectivity index is 1.69. The minimum absolute atomic E-state index is 0.0968. The van der Waals surface area contributed by atoms with E-state index in [1.165, 1.54) is 0 Å². The lowest BCUT2D eigenvalue weighted by Crippen LogP contribution is -2.05. The van der Waals surface area contributed by atoms with Gasteiger partial charge in [-0.3, -0.25) is 0 Å². The highest BCUT2D eigenvalue weighted by Crippen LogP contribution is 2.33. The van der Waals surface area contributed by atoms with Crippen LogP contribution in [0.3, 0.4) is 0 Å². The number of hydrogen-bond donors (Lipinski definition) is 1. The Bertz CT molecular complexity index is 658. The van der Waals surface area contributed by atoms with E-state index in [1.807, 2.05) is 37.3 Å². The molecule has 0 fully saturated rings. The molecule has 4 nitrogen and oxygen atoms in total. The van der Waals surface area contributed by atoms with Gasteiger partial charge in [0.15, 0.2) is 11.5 Å². The lowest BCUT2D eigenvalue weighted by Gasteiger charge is -2.11. The second-order valence-electron chi connectivity index (χ2n) is 4.95. The topological polar surface area (TPSA) is 53.7 Å². The van der Waals surface area contributed by atoms with Crippen molar-refractivity contribution in [3.8, 4) is 17.2 Å². The predicted molar refractivity (Wildman–Crippen MR) is 81.0 cm³/mol. The first kappa shape index (κ1) is 14.0. The fourth-order valence-electron chi connectivity index (χ4n) is 2.16. The molecular weight excluding hydrogens is 290 g/mol. The third-order valence-corrected chi connectivity index (χ3v) is 3.63. The smallest absolute Gasteiger partial charge is 0.231 e. The Morgan fingerprint density at radius 1 is 1.19 bits per heavy atom. The highest BCUT2D eigenvalue weighted by molar-refractivity contribution is 6.31. The van der Waals surface area contributed by atoms with Crippen molar-refractivity contribution in [2.24, 2.45) is 5.73 Å². The summed E-state index contributed by atoms with van der Waals surface area (Å²) in [5, 5.41) is 0.619. The van der Waals surface area contributed by atoms with Crippen LogP contribution in [0.4, 0.5) is 0 Å². The van der Waals surface area contributed by atoms with E-state index >= 15 is 0 Å². The van der Waals surface area contributed by atoms with Crippen molar-refractivity contribution in [2.75, 3.05) is 6.79 Å². The molecule has 2 aromatic rings. The van der Waals surface area contributed by atoms with Crippen molar-refractivity contribution in [2.45, 2.75) is 19.6 Å². The summed E-state index contributed by atoms with van der Waals surface area (Å²) < 4.78 is 16.4. The van der Waals surface area contributed by atoms with Gasteiger partial charge < -0.3 is 19.9 Å². The highest BCUT2D eigenvalue weighted by atomic mass is 35.5. The van der Waals surface area contributed by atoms with Crippen molar-refractivity contribution < 1.29 is 14.2 Å². The normalized spacial score (nSPS) is 14.0. The first-order valence-electron chi connectivity index (χ1n) is 6.70. The van der Waals surface area contributed by atoms with Gasteiger partial charge in [-0.2, -0.15) is 0 Å². The van der Waals surface area contributed by atoms with E-state index in [-0.39, 0.29) is 12.8 Å². The van der Waals surface area contributed by atoms with E-state index in [0.29, 0.717) is 17.4 Å². The van der Waals surface area contributed by atoms with Crippen molar-refractivity contribution in [1.82, 2.24) is 0 Å². The summed E-state index contributed by atoms with van der Waals surface area (Å²) in [6.45, 7) is 2.60. The molecule has 2 aromatic carbocycles. The summed E-state index contributed by atoms with van der Waals surface area (Å²) in [6, 6.07) is 11.2. The predicted octanol–water partition coefficient (Wildman–Crippen LogP) is 3.67. The quantitative estimate of drug-likeness (QED) is 0.936. The van der Waals surface area contributed by atoms with E-state index in [4.69, 9.17) is 31.5 Å². The molecule has 21 heavy (non-hydrogen) atoms. The van der Waals surface area contributed by atoms with Crippen LogP contribution in [0.5, 0.6) is 17.2 Å². The zero-order valence-electron chi connectivity index (χ0n) is 11.6. The van der Waals surface area contributed by atoms with E-state index in [1.54, 1.807) is 6.07 Å². The fourth-order valence-corrected chi connectivity index (χ4v) is 2.51. The van der Waals surface area contributed by atoms with Crippen LogP contribution in [0.1, 0.15) is 24.1 Å². The highest BCUT2D eigenvalue weighted by Gasteiger charge is 2.13. The molecule has 0 bridgehead atoms. The van der Waals surface area contributed by atoms with Gasteiger partial charge in [-0.05, 0) is 42.3 Å². The SMILES string of the molecule is CC(N)c1ccc(OCc2ccc3c(c2)OCO3)cc1Cl. The number of benzene rings is 2. The van der Waals surface area contributed by atoms with E-state index in [0.717, 1.165) is 22.6 Å². The maximum Gasteiger partial charge on any atom is 0.231 e. The van der Waals surface area contributed by atoms with Gasteiger partial charge in [-0.1, -0.05) is 23.7 Å². The Morgan fingerprint density at radius 2 is 2.00 bits per heavy atom. The Hall–Kier alpha value is -1.91. The molecule has 0 amide bonds. The van der Waals surface area contributed by atoms with Gasteiger partial charge in [-0.25, -0.2) is 0 Å². The van der Waals surface area contributed by atoms with Crippen LogP contribution >= 0.6 is 11.6 Å². The van der Waals surface area contributed by atoms with Gasteiger partial charge in [0.05, 0.1) is 0 Å². The first-order chi connectivity index (χ1) is 10.1. The standard InChI is InChI=1S/C16H16ClNO3/c1-10(18)13-4-3-12(7-14(13)17)19-8-11-2-5-15-16(6-11)21-9-20-15/h2-7,10H,8-9,18H2,1H3. The molecule has 110 valence electrons. The second kappa shape index (κ2) is 5.84. The van der Waals surface area contributed by atoms with Gasteiger partial charge in [0.25, 0.3) is 0 Å². The van der Waals surface area contributed by atoms with Crippen LogP contribution in [0, 0.1) is 0 Å². The number of halogens is 1. The molecule has 3 rings (SSSR count). The van der Waals surface area contributed by atoms with Crippen LogP contribution < -0.4 is 19.9 Å². The maximum absolute atomic E-state index is 6.19. The average molecular weight is 306 g/mol. The van der Waals surface area contributed by atoms with E-state index in [9.17, 15) is 0 Å². The Labute approximate surface area is 128 Å². The summed E-state index contributed by atoms with van der Waals surface area (Å²) in [6.07, 6.45) is 0. The molecule has 0 saturated carbocycles. The molecule has 0 aromatic heterocycles. The Kier molecular flexibility index (Phi) is 3.90. The van der Waals surface area contributed by atoms with Crippen molar-refractivity contribution in [1.29, 1.82) is 0 Å². The van der Waals surface area contributed by atoms with Crippen molar-refractivity contribution in [3.63, 3.8) is 0 Å². The number of fused-ring (bicyclic) bond motifs is 1. The molecule has 2 N–H and O–H groups in total. The molecule has 1 aliphatic rings. The molecule has 0 radical (unpaired) electrons. The van der Waals surface area contributed by atoms with Crippen LogP contribution in [0.15, 0.2) is 36.4 Å². The van der Waals surface area contributed by atoms with Gasteiger partial charge in [0.2, 0.25) is 6.79 Å².